The van der Waals surface area contributed by atoms with Crippen molar-refractivity contribution in [3.63, 3.8) is 0 Å². The molecule has 1 atom stereocenters. The molecule has 0 radical (unpaired) electrons. The second-order valence-corrected chi connectivity index (χ2v) is 6.68. The second-order valence-electron chi connectivity index (χ2n) is 6.68. The van der Waals surface area contributed by atoms with Crippen LogP contribution in [0.25, 0.3) is 0 Å². The molecule has 0 spiro atoms. The van der Waals surface area contributed by atoms with Crippen molar-refractivity contribution in [2.75, 3.05) is 40.4 Å². The van der Waals surface area contributed by atoms with E-state index in [0.717, 1.165) is 50.9 Å². The van der Waals surface area contributed by atoms with Crippen molar-refractivity contribution in [1.29, 1.82) is 0 Å². The number of rotatable bonds is 8. The molecule has 1 aromatic rings. The smallest absolute Gasteiger partial charge is 0.229 e. The second kappa shape index (κ2) is 7.53. The Labute approximate surface area is 132 Å². The van der Waals surface area contributed by atoms with Crippen molar-refractivity contribution in [1.82, 2.24) is 19.9 Å². The van der Waals surface area contributed by atoms with Crippen LogP contribution in [0.3, 0.4) is 0 Å². The highest BCUT2D eigenvalue weighted by molar-refractivity contribution is 5.01. The molecule has 6 heteroatoms. The number of likely N-dealkylation sites (tertiary alicyclic amines) is 1. The Balaban J connectivity index is 1.46. The van der Waals surface area contributed by atoms with Gasteiger partial charge in [-0.05, 0) is 45.7 Å². The molecule has 1 aromatic heterocycles. The van der Waals surface area contributed by atoms with Crippen LogP contribution in [0.1, 0.15) is 49.7 Å². The zero-order valence-electron chi connectivity index (χ0n) is 13.8. The number of nitrogens with zero attached hydrogens (tertiary/aromatic N) is 4. The summed E-state index contributed by atoms with van der Waals surface area (Å²) in [6, 6.07) is 0.625. The Morgan fingerprint density at radius 3 is 3.00 bits per heavy atom. The lowest BCUT2D eigenvalue weighted by Crippen LogP contribution is -2.46. The summed E-state index contributed by atoms with van der Waals surface area (Å²) < 4.78 is 10.5. The Kier molecular flexibility index (Phi) is 5.44. The zero-order chi connectivity index (χ0) is 15.4. The lowest BCUT2D eigenvalue weighted by Gasteiger charge is -2.37. The van der Waals surface area contributed by atoms with Crippen LogP contribution in [0, 0.1) is 0 Å². The summed E-state index contributed by atoms with van der Waals surface area (Å²) in [6.07, 6.45) is 6.03. The number of aromatic nitrogens is 2. The third-order valence-corrected chi connectivity index (χ3v) is 4.74. The number of hydrogen-bond donors (Lipinski definition) is 0. The molecule has 1 aliphatic carbocycles. The number of hydrogen-bond acceptors (Lipinski definition) is 6. The highest BCUT2D eigenvalue weighted by atomic mass is 16.5. The first kappa shape index (κ1) is 15.9. The van der Waals surface area contributed by atoms with E-state index in [4.69, 9.17) is 9.26 Å². The van der Waals surface area contributed by atoms with Gasteiger partial charge in [-0.15, -0.1) is 0 Å². The first-order valence-electron chi connectivity index (χ1n) is 8.50. The predicted molar refractivity (Wildman–Crippen MR) is 83.7 cm³/mol. The average molecular weight is 308 g/mol. The van der Waals surface area contributed by atoms with Crippen LogP contribution < -0.4 is 0 Å². The first-order chi connectivity index (χ1) is 10.8. The van der Waals surface area contributed by atoms with Gasteiger partial charge >= 0.3 is 0 Å². The molecule has 2 aliphatic rings. The fourth-order valence-electron chi connectivity index (χ4n) is 3.20. The Morgan fingerprint density at radius 2 is 2.23 bits per heavy atom. The van der Waals surface area contributed by atoms with Crippen molar-refractivity contribution in [2.24, 2.45) is 0 Å². The van der Waals surface area contributed by atoms with Crippen LogP contribution in [0.4, 0.5) is 0 Å². The Bertz CT molecular complexity index is 461. The minimum atomic E-state index is 0.544. The maximum Gasteiger partial charge on any atom is 0.229 e. The van der Waals surface area contributed by atoms with Crippen LogP contribution in [-0.4, -0.2) is 66.4 Å². The summed E-state index contributed by atoms with van der Waals surface area (Å²) in [4.78, 5) is 9.48. The van der Waals surface area contributed by atoms with E-state index in [9.17, 15) is 0 Å². The van der Waals surface area contributed by atoms with Crippen molar-refractivity contribution >= 4 is 0 Å². The minimum absolute atomic E-state index is 0.544. The van der Waals surface area contributed by atoms with E-state index in [1.54, 1.807) is 7.11 Å². The fourth-order valence-corrected chi connectivity index (χ4v) is 3.20. The summed E-state index contributed by atoms with van der Waals surface area (Å²) in [6.45, 7) is 4.99. The lowest BCUT2D eigenvalue weighted by molar-refractivity contribution is 0.0993. The molecular weight excluding hydrogens is 280 g/mol. The van der Waals surface area contributed by atoms with E-state index >= 15 is 0 Å². The van der Waals surface area contributed by atoms with Crippen LogP contribution in [0.5, 0.6) is 0 Å². The summed E-state index contributed by atoms with van der Waals surface area (Å²) in [5.74, 6) is 2.24. The van der Waals surface area contributed by atoms with Gasteiger partial charge < -0.3 is 14.2 Å². The Hall–Kier alpha value is -0.980. The molecule has 0 N–H and O–H groups in total. The topological polar surface area (TPSA) is 54.6 Å². The highest BCUT2D eigenvalue weighted by Gasteiger charge is 2.30. The van der Waals surface area contributed by atoms with Gasteiger partial charge in [0.05, 0.1) is 6.54 Å². The molecule has 2 fully saturated rings. The van der Waals surface area contributed by atoms with Crippen molar-refractivity contribution in [3.05, 3.63) is 11.7 Å². The van der Waals surface area contributed by atoms with Crippen molar-refractivity contribution in [3.8, 4) is 0 Å². The summed E-state index contributed by atoms with van der Waals surface area (Å²) in [5.41, 5.74) is 0. The third kappa shape index (κ3) is 4.27. The van der Waals surface area contributed by atoms with Gasteiger partial charge in [-0.2, -0.15) is 4.98 Å². The van der Waals surface area contributed by atoms with Crippen molar-refractivity contribution < 1.29 is 9.26 Å². The molecule has 2 heterocycles. The van der Waals surface area contributed by atoms with Gasteiger partial charge in [-0.1, -0.05) is 5.16 Å². The Morgan fingerprint density at radius 1 is 1.36 bits per heavy atom. The molecule has 0 amide bonds. The molecule has 1 saturated heterocycles. The molecule has 22 heavy (non-hydrogen) atoms. The molecule has 0 bridgehead atoms. The monoisotopic (exact) mass is 308 g/mol. The summed E-state index contributed by atoms with van der Waals surface area (Å²) in [7, 11) is 3.99. The van der Waals surface area contributed by atoms with Crippen LogP contribution >= 0.6 is 0 Å². The summed E-state index contributed by atoms with van der Waals surface area (Å²) in [5, 5.41) is 4.14. The largest absolute Gasteiger partial charge is 0.385 e. The van der Waals surface area contributed by atoms with Gasteiger partial charge in [-0.3, -0.25) is 4.90 Å². The lowest BCUT2D eigenvalue weighted by atomic mass is 10.0. The number of likely N-dealkylation sites (N-methyl/N-ethyl adjacent to an activating group) is 1. The standard InChI is InChI=1S/C16H28N4O2/c1-19(8-4-10-21-2)14-5-3-9-20(11-14)12-15-17-16(22-18-15)13-6-7-13/h13-14H,3-12H2,1-2H3/t14-/m1/s1. The quantitative estimate of drug-likeness (QED) is 0.684. The maximum atomic E-state index is 5.36. The van der Waals surface area contributed by atoms with Crippen LogP contribution in [-0.2, 0) is 11.3 Å². The van der Waals surface area contributed by atoms with E-state index in [0.29, 0.717) is 12.0 Å². The first-order valence-corrected chi connectivity index (χ1v) is 8.50. The third-order valence-electron chi connectivity index (χ3n) is 4.74. The molecule has 1 saturated carbocycles. The van der Waals surface area contributed by atoms with E-state index in [2.05, 4.69) is 27.0 Å². The van der Waals surface area contributed by atoms with Crippen molar-refractivity contribution in [2.45, 2.75) is 50.6 Å². The highest BCUT2D eigenvalue weighted by Crippen LogP contribution is 2.38. The number of methoxy groups -OCH3 is 1. The molecule has 0 aromatic carbocycles. The van der Waals surface area contributed by atoms with Gasteiger partial charge in [0.25, 0.3) is 0 Å². The van der Waals surface area contributed by atoms with Crippen LogP contribution in [0.15, 0.2) is 4.52 Å². The minimum Gasteiger partial charge on any atom is -0.385 e. The molecule has 124 valence electrons. The predicted octanol–water partition coefficient (Wildman–Crippen LogP) is 1.88. The zero-order valence-corrected chi connectivity index (χ0v) is 13.8. The normalized spacial score (nSPS) is 23.3. The molecular formula is C16H28N4O2. The maximum absolute atomic E-state index is 5.36. The van der Waals surface area contributed by atoms with Gasteiger partial charge in [0, 0.05) is 38.8 Å². The van der Waals surface area contributed by atoms with E-state index in [-0.39, 0.29) is 0 Å². The number of ether oxygens (including phenoxy) is 1. The molecule has 0 unspecified atom stereocenters. The number of piperidine rings is 1. The van der Waals surface area contributed by atoms with E-state index in [1.807, 2.05) is 0 Å². The van der Waals surface area contributed by atoms with Crippen LogP contribution in [0.2, 0.25) is 0 Å². The molecule has 6 nitrogen and oxygen atoms in total. The van der Waals surface area contributed by atoms with E-state index in [1.165, 1.54) is 25.7 Å². The molecule has 1 aliphatic heterocycles. The average Bonchev–Trinajstić information content (AvgIpc) is 3.28. The van der Waals surface area contributed by atoms with Gasteiger partial charge in [0.1, 0.15) is 0 Å². The fraction of sp³-hybridized carbons (Fsp3) is 0.875. The van der Waals surface area contributed by atoms with Gasteiger partial charge in [0.15, 0.2) is 5.82 Å². The van der Waals surface area contributed by atoms with Gasteiger partial charge in [0.2, 0.25) is 5.89 Å². The summed E-state index contributed by atoms with van der Waals surface area (Å²) >= 11 is 0. The van der Waals surface area contributed by atoms with Gasteiger partial charge in [-0.25, -0.2) is 0 Å². The SMILES string of the molecule is COCCCN(C)[C@@H]1CCCN(Cc2noc(C3CC3)n2)C1. The van der Waals surface area contributed by atoms with E-state index < -0.39 is 0 Å². The molecule has 3 rings (SSSR count).